The third kappa shape index (κ3) is 5.34. The van der Waals surface area contributed by atoms with Crippen LogP contribution in [-0.4, -0.2) is 29.2 Å². The maximum Gasteiger partial charge on any atom is 0.101 e. The van der Waals surface area contributed by atoms with Gasteiger partial charge in [0.1, 0.15) is 6.10 Å². The fourth-order valence-corrected chi connectivity index (χ4v) is 2.92. The molecule has 0 aliphatic rings. The van der Waals surface area contributed by atoms with Crippen molar-refractivity contribution < 1.29 is 5.11 Å². The molecule has 2 N–H and O–H groups in total. The second kappa shape index (κ2) is 8.12. The van der Waals surface area contributed by atoms with E-state index in [0.717, 1.165) is 11.3 Å². The first-order chi connectivity index (χ1) is 7.74. The first-order valence-electron chi connectivity index (χ1n) is 5.76. The monoisotopic (exact) mass is 259 g/mol. The summed E-state index contributed by atoms with van der Waals surface area (Å²) in [6.07, 6.45) is 0.802. The average Bonchev–Trinajstić information content (AvgIpc) is 2.79. The van der Waals surface area contributed by atoms with Gasteiger partial charge in [-0.2, -0.15) is 11.8 Å². The van der Waals surface area contributed by atoms with Crippen molar-refractivity contribution >= 4 is 23.1 Å². The molecule has 0 aliphatic heterocycles. The number of aliphatic hydroxyl groups is 1. The number of thioether (sulfide) groups is 1. The number of hydrogen-bond donors (Lipinski definition) is 2. The Morgan fingerprint density at radius 3 is 3.00 bits per heavy atom. The normalized spacial score (nSPS) is 14.9. The summed E-state index contributed by atoms with van der Waals surface area (Å²) in [7, 11) is 0. The van der Waals surface area contributed by atoms with E-state index in [1.165, 1.54) is 11.5 Å². The number of thiophene rings is 1. The highest BCUT2D eigenvalue weighted by atomic mass is 32.2. The summed E-state index contributed by atoms with van der Waals surface area (Å²) in [5.74, 6) is 2.38. The summed E-state index contributed by atoms with van der Waals surface area (Å²) in [4.78, 5) is 1.04. The first-order valence-corrected chi connectivity index (χ1v) is 7.80. The molecule has 0 aliphatic carbocycles. The molecule has 2 nitrogen and oxygen atoms in total. The summed E-state index contributed by atoms with van der Waals surface area (Å²) in [6.45, 7) is 5.01. The van der Waals surface area contributed by atoms with Crippen molar-refractivity contribution in [2.45, 2.75) is 32.4 Å². The van der Waals surface area contributed by atoms with Gasteiger partial charge in [0.05, 0.1) is 0 Å². The summed E-state index contributed by atoms with van der Waals surface area (Å²) in [5, 5.41) is 15.2. The van der Waals surface area contributed by atoms with E-state index < -0.39 is 0 Å². The van der Waals surface area contributed by atoms with Crippen molar-refractivity contribution in [3.8, 4) is 0 Å². The van der Waals surface area contributed by atoms with E-state index in [9.17, 15) is 5.11 Å². The van der Waals surface area contributed by atoms with Crippen LogP contribution in [0.1, 0.15) is 31.2 Å². The highest BCUT2D eigenvalue weighted by molar-refractivity contribution is 7.99. The molecule has 2 atom stereocenters. The van der Waals surface area contributed by atoms with Gasteiger partial charge in [0.2, 0.25) is 0 Å². The Kier molecular flexibility index (Phi) is 7.12. The molecule has 1 heterocycles. The van der Waals surface area contributed by atoms with E-state index in [4.69, 9.17) is 0 Å². The lowest BCUT2D eigenvalue weighted by molar-refractivity contribution is 0.174. The lowest BCUT2D eigenvalue weighted by Gasteiger charge is -2.16. The molecule has 4 heteroatoms. The smallest absolute Gasteiger partial charge is 0.101 e. The quantitative estimate of drug-likeness (QED) is 0.704. The standard InChI is InChI=1S/C12H21NOS2/c1-3-15-8-6-10(2)13-9-11(14)12-5-4-7-16-12/h4-5,7,10-11,13-14H,3,6,8-9H2,1-2H3. The zero-order valence-corrected chi connectivity index (χ0v) is 11.6. The van der Waals surface area contributed by atoms with Crippen LogP contribution < -0.4 is 5.32 Å². The van der Waals surface area contributed by atoms with Gasteiger partial charge < -0.3 is 10.4 Å². The molecule has 0 saturated carbocycles. The Labute approximate surface area is 106 Å². The Bertz CT molecular complexity index is 264. The molecule has 1 aromatic heterocycles. The molecule has 2 unspecified atom stereocenters. The highest BCUT2D eigenvalue weighted by Gasteiger charge is 2.09. The fourth-order valence-electron chi connectivity index (χ4n) is 1.40. The number of rotatable bonds is 8. The predicted octanol–water partition coefficient (Wildman–Crippen LogP) is 2.90. The van der Waals surface area contributed by atoms with Crippen molar-refractivity contribution in [2.75, 3.05) is 18.1 Å². The van der Waals surface area contributed by atoms with Gasteiger partial charge in [-0.15, -0.1) is 11.3 Å². The molecule has 0 bridgehead atoms. The van der Waals surface area contributed by atoms with E-state index in [-0.39, 0.29) is 6.10 Å². The van der Waals surface area contributed by atoms with Crippen LogP contribution in [0.25, 0.3) is 0 Å². The largest absolute Gasteiger partial charge is 0.386 e. The summed E-state index contributed by atoms with van der Waals surface area (Å²) in [5.41, 5.74) is 0. The van der Waals surface area contributed by atoms with E-state index in [0.29, 0.717) is 12.6 Å². The van der Waals surface area contributed by atoms with Gasteiger partial charge in [-0.1, -0.05) is 13.0 Å². The number of hydrogen-bond acceptors (Lipinski definition) is 4. The lowest BCUT2D eigenvalue weighted by atomic mass is 10.2. The van der Waals surface area contributed by atoms with Crippen LogP contribution in [-0.2, 0) is 0 Å². The average molecular weight is 259 g/mol. The molecular weight excluding hydrogens is 238 g/mol. The van der Waals surface area contributed by atoms with Gasteiger partial charge in [-0.25, -0.2) is 0 Å². The Morgan fingerprint density at radius 1 is 1.56 bits per heavy atom. The highest BCUT2D eigenvalue weighted by Crippen LogP contribution is 2.18. The van der Waals surface area contributed by atoms with Gasteiger partial charge in [0, 0.05) is 17.5 Å². The summed E-state index contributed by atoms with van der Waals surface area (Å²) in [6, 6.07) is 4.44. The van der Waals surface area contributed by atoms with E-state index in [1.807, 2.05) is 29.3 Å². The van der Waals surface area contributed by atoms with Crippen LogP contribution in [0.2, 0.25) is 0 Å². The van der Waals surface area contributed by atoms with Gasteiger partial charge in [-0.3, -0.25) is 0 Å². The third-order valence-corrected chi connectivity index (χ3v) is 4.34. The van der Waals surface area contributed by atoms with Crippen LogP contribution in [0.4, 0.5) is 0 Å². The molecule has 16 heavy (non-hydrogen) atoms. The Morgan fingerprint density at radius 2 is 2.38 bits per heavy atom. The van der Waals surface area contributed by atoms with Crippen LogP contribution >= 0.6 is 23.1 Å². The van der Waals surface area contributed by atoms with Gasteiger partial charge in [0.25, 0.3) is 0 Å². The molecule has 0 amide bonds. The number of aliphatic hydroxyl groups excluding tert-OH is 1. The Balaban J connectivity index is 2.14. The predicted molar refractivity (Wildman–Crippen MR) is 74.4 cm³/mol. The fraction of sp³-hybridized carbons (Fsp3) is 0.667. The molecular formula is C12H21NOS2. The van der Waals surface area contributed by atoms with E-state index >= 15 is 0 Å². The maximum atomic E-state index is 9.87. The zero-order chi connectivity index (χ0) is 11.8. The van der Waals surface area contributed by atoms with Crippen LogP contribution in [0.3, 0.4) is 0 Å². The molecule has 0 radical (unpaired) electrons. The topological polar surface area (TPSA) is 32.3 Å². The van der Waals surface area contributed by atoms with Crippen LogP contribution in [0.5, 0.6) is 0 Å². The first kappa shape index (κ1) is 14.0. The summed E-state index contributed by atoms with van der Waals surface area (Å²) < 4.78 is 0. The van der Waals surface area contributed by atoms with Crippen molar-refractivity contribution in [1.82, 2.24) is 5.32 Å². The lowest BCUT2D eigenvalue weighted by Crippen LogP contribution is -2.30. The van der Waals surface area contributed by atoms with Gasteiger partial charge in [-0.05, 0) is 36.3 Å². The van der Waals surface area contributed by atoms with E-state index in [2.05, 4.69) is 19.2 Å². The minimum absolute atomic E-state index is 0.360. The SMILES string of the molecule is CCSCCC(C)NCC(O)c1cccs1. The molecule has 0 fully saturated rings. The second-order valence-corrected chi connectivity index (χ2v) is 6.20. The molecule has 0 spiro atoms. The van der Waals surface area contributed by atoms with Crippen molar-refractivity contribution in [3.63, 3.8) is 0 Å². The molecule has 92 valence electrons. The molecule has 1 aromatic rings. The van der Waals surface area contributed by atoms with Crippen LogP contribution in [0.15, 0.2) is 17.5 Å². The number of nitrogens with one attached hydrogen (secondary N) is 1. The minimum Gasteiger partial charge on any atom is -0.386 e. The second-order valence-electron chi connectivity index (χ2n) is 3.83. The zero-order valence-electron chi connectivity index (χ0n) is 9.98. The molecule has 1 rings (SSSR count). The van der Waals surface area contributed by atoms with E-state index in [1.54, 1.807) is 11.3 Å². The van der Waals surface area contributed by atoms with Crippen molar-refractivity contribution in [1.29, 1.82) is 0 Å². The van der Waals surface area contributed by atoms with Crippen LogP contribution in [0, 0.1) is 0 Å². The van der Waals surface area contributed by atoms with Crippen molar-refractivity contribution in [3.05, 3.63) is 22.4 Å². The molecule has 0 aromatic carbocycles. The van der Waals surface area contributed by atoms with Gasteiger partial charge >= 0.3 is 0 Å². The minimum atomic E-state index is -0.360. The van der Waals surface area contributed by atoms with Crippen molar-refractivity contribution in [2.24, 2.45) is 0 Å². The maximum absolute atomic E-state index is 9.87. The van der Waals surface area contributed by atoms with Gasteiger partial charge in [0.15, 0.2) is 0 Å². The Hall–Kier alpha value is -0.0300. The summed E-state index contributed by atoms with van der Waals surface area (Å²) >= 11 is 3.58. The third-order valence-electron chi connectivity index (χ3n) is 2.43. The molecule has 0 saturated heterocycles.